The van der Waals surface area contributed by atoms with Gasteiger partial charge in [0.25, 0.3) is 0 Å². The average Bonchev–Trinajstić information content (AvgIpc) is 2.88. The maximum atomic E-state index is 12.7. The first kappa shape index (κ1) is 10.6. The molecule has 1 aliphatic rings. The second-order valence-corrected chi connectivity index (χ2v) is 5.13. The quantitative estimate of drug-likeness (QED) is 0.464. The van der Waals surface area contributed by atoms with Crippen LogP contribution in [0.25, 0.3) is 22.2 Å². The number of benzene rings is 2. The van der Waals surface area contributed by atoms with E-state index in [-0.39, 0.29) is 5.78 Å². The highest BCUT2D eigenvalue weighted by molar-refractivity contribution is 6.28. The summed E-state index contributed by atoms with van der Waals surface area (Å²) in [6.45, 7) is 2.07. The Morgan fingerprint density at radius 2 is 1.68 bits per heavy atom. The van der Waals surface area contributed by atoms with Gasteiger partial charge in [0.15, 0.2) is 5.78 Å². The van der Waals surface area contributed by atoms with Gasteiger partial charge >= 0.3 is 0 Å². The largest absolute Gasteiger partial charge is 0.343 e. The van der Waals surface area contributed by atoms with Crippen LogP contribution in [0, 0.1) is 6.92 Å². The van der Waals surface area contributed by atoms with Crippen molar-refractivity contribution in [1.82, 2.24) is 4.57 Å². The maximum absolute atomic E-state index is 12.7. The van der Waals surface area contributed by atoms with E-state index in [0.717, 1.165) is 38.9 Å². The molecule has 2 heteroatoms. The van der Waals surface area contributed by atoms with Gasteiger partial charge in [-0.1, -0.05) is 36.4 Å². The van der Waals surface area contributed by atoms with E-state index in [9.17, 15) is 4.79 Å². The Kier molecular flexibility index (Phi) is 1.86. The number of hydrogen-bond donors (Lipinski definition) is 0. The zero-order valence-electron chi connectivity index (χ0n) is 10.9. The SMILES string of the molecule is Cc1cccc2c1c1c(n2C)-c2ccccc2C1=O. The van der Waals surface area contributed by atoms with Gasteiger partial charge in [-0.2, -0.15) is 0 Å². The van der Waals surface area contributed by atoms with Crippen LogP contribution in [0.4, 0.5) is 0 Å². The van der Waals surface area contributed by atoms with Crippen molar-refractivity contribution in [2.24, 2.45) is 7.05 Å². The first-order chi connectivity index (χ1) is 9.20. The molecule has 0 unspecified atom stereocenters. The Hall–Kier alpha value is -2.35. The van der Waals surface area contributed by atoms with Gasteiger partial charge in [-0.3, -0.25) is 4.79 Å². The molecule has 0 spiro atoms. The van der Waals surface area contributed by atoms with Crippen molar-refractivity contribution < 1.29 is 4.79 Å². The van der Waals surface area contributed by atoms with Crippen LogP contribution in [0.3, 0.4) is 0 Å². The average molecular weight is 247 g/mol. The standard InChI is InChI=1S/C17H13NO/c1-10-6-5-9-13-14(10)15-16(18(13)2)11-7-3-4-8-12(11)17(15)19/h3-9H,1-2H3. The third kappa shape index (κ3) is 1.14. The normalized spacial score (nSPS) is 12.8. The number of aromatic nitrogens is 1. The molecule has 0 saturated heterocycles. The van der Waals surface area contributed by atoms with Gasteiger partial charge in [-0.05, 0) is 18.6 Å². The van der Waals surface area contributed by atoms with E-state index in [1.807, 2.05) is 37.4 Å². The van der Waals surface area contributed by atoms with E-state index in [1.54, 1.807) is 0 Å². The Morgan fingerprint density at radius 3 is 2.47 bits per heavy atom. The van der Waals surface area contributed by atoms with Gasteiger partial charge in [0.05, 0.1) is 11.3 Å². The van der Waals surface area contributed by atoms with Gasteiger partial charge in [-0.25, -0.2) is 0 Å². The molecule has 0 saturated carbocycles. The van der Waals surface area contributed by atoms with Crippen LogP contribution in [-0.4, -0.2) is 10.4 Å². The second kappa shape index (κ2) is 3.35. The van der Waals surface area contributed by atoms with Crippen LogP contribution in [0.5, 0.6) is 0 Å². The summed E-state index contributed by atoms with van der Waals surface area (Å²) in [6, 6.07) is 14.1. The topological polar surface area (TPSA) is 22.0 Å². The summed E-state index contributed by atoms with van der Waals surface area (Å²) < 4.78 is 2.14. The highest BCUT2D eigenvalue weighted by Gasteiger charge is 2.32. The van der Waals surface area contributed by atoms with Crippen LogP contribution in [0.15, 0.2) is 42.5 Å². The van der Waals surface area contributed by atoms with Crippen molar-refractivity contribution in [3.05, 3.63) is 59.2 Å². The predicted octanol–water partition coefficient (Wildman–Crippen LogP) is 3.70. The lowest BCUT2D eigenvalue weighted by molar-refractivity contribution is 0.104. The summed E-state index contributed by atoms with van der Waals surface area (Å²) >= 11 is 0. The first-order valence-electron chi connectivity index (χ1n) is 6.42. The van der Waals surface area contributed by atoms with Crippen LogP contribution in [0.1, 0.15) is 21.5 Å². The molecule has 0 aliphatic heterocycles. The number of ketones is 1. The molecule has 2 nitrogen and oxygen atoms in total. The molecular weight excluding hydrogens is 234 g/mol. The second-order valence-electron chi connectivity index (χ2n) is 5.13. The smallest absolute Gasteiger partial charge is 0.196 e. The number of carbonyl (C=O) groups is 1. The molecule has 0 amide bonds. The molecule has 4 rings (SSSR count). The van der Waals surface area contributed by atoms with E-state index in [4.69, 9.17) is 0 Å². The lowest BCUT2D eigenvalue weighted by Gasteiger charge is -2.04. The van der Waals surface area contributed by atoms with Gasteiger partial charge in [0.2, 0.25) is 0 Å². The maximum Gasteiger partial charge on any atom is 0.196 e. The van der Waals surface area contributed by atoms with E-state index < -0.39 is 0 Å². The number of aryl methyl sites for hydroxylation is 2. The Labute approximate surface area is 111 Å². The molecule has 0 radical (unpaired) electrons. The highest BCUT2D eigenvalue weighted by Crippen LogP contribution is 2.42. The van der Waals surface area contributed by atoms with Crippen LogP contribution >= 0.6 is 0 Å². The van der Waals surface area contributed by atoms with Crippen molar-refractivity contribution in [3.63, 3.8) is 0 Å². The summed E-state index contributed by atoms with van der Waals surface area (Å²) in [4.78, 5) is 12.7. The third-order valence-electron chi connectivity index (χ3n) is 4.09. The summed E-state index contributed by atoms with van der Waals surface area (Å²) in [5, 5.41) is 1.10. The van der Waals surface area contributed by atoms with Gasteiger partial charge in [0.1, 0.15) is 0 Å². The zero-order valence-corrected chi connectivity index (χ0v) is 10.9. The van der Waals surface area contributed by atoms with Crippen LogP contribution < -0.4 is 0 Å². The minimum atomic E-state index is 0.158. The molecular formula is C17H13NO. The summed E-state index contributed by atoms with van der Waals surface area (Å²) in [7, 11) is 2.04. The fourth-order valence-corrected chi connectivity index (χ4v) is 3.22. The molecule has 0 bridgehead atoms. The van der Waals surface area contributed by atoms with Crippen molar-refractivity contribution in [2.45, 2.75) is 6.92 Å². The minimum absolute atomic E-state index is 0.158. The molecule has 0 fully saturated rings. The van der Waals surface area contributed by atoms with Gasteiger partial charge in [-0.15, -0.1) is 0 Å². The third-order valence-corrected chi connectivity index (χ3v) is 4.09. The number of carbonyl (C=O) groups excluding carboxylic acids is 1. The molecule has 1 heterocycles. The number of rotatable bonds is 0. The first-order valence-corrected chi connectivity index (χ1v) is 6.42. The Balaban J connectivity index is 2.26. The molecule has 1 aliphatic carbocycles. The molecule has 19 heavy (non-hydrogen) atoms. The van der Waals surface area contributed by atoms with Crippen molar-refractivity contribution >= 4 is 16.7 Å². The van der Waals surface area contributed by atoms with Crippen LogP contribution in [-0.2, 0) is 7.05 Å². The lowest BCUT2D eigenvalue weighted by atomic mass is 10.0. The fourth-order valence-electron chi connectivity index (χ4n) is 3.22. The van der Waals surface area contributed by atoms with Gasteiger partial charge in [0, 0.05) is 29.1 Å². The van der Waals surface area contributed by atoms with E-state index in [1.165, 1.54) is 0 Å². The van der Waals surface area contributed by atoms with Crippen molar-refractivity contribution in [2.75, 3.05) is 0 Å². The molecule has 1 aromatic heterocycles. The lowest BCUT2D eigenvalue weighted by Crippen LogP contribution is -1.95. The summed E-state index contributed by atoms with van der Waals surface area (Å²) in [6.07, 6.45) is 0. The number of nitrogens with zero attached hydrogens (tertiary/aromatic N) is 1. The monoisotopic (exact) mass is 247 g/mol. The summed E-state index contributed by atoms with van der Waals surface area (Å²) in [5.41, 5.74) is 6.11. The number of hydrogen-bond acceptors (Lipinski definition) is 1. The van der Waals surface area contributed by atoms with E-state index >= 15 is 0 Å². The zero-order chi connectivity index (χ0) is 13.1. The van der Waals surface area contributed by atoms with E-state index in [0.29, 0.717) is 0 Å². The molecule has 0 atom stereocenters. The fraction of sp³-hybridized carbons (Fsp3) is 0.118. The van der Waals surface area contributed by atoms with E-state index in [2.05, 4.69) is 23.6 Å². The highest BCUT2D eigenvalue weighted by atomic mass is 16.1. The molecule has 3 aromatic rings. The Bertz CT molecular complexity index is 855. The van der Waals surface area contributed by atoms with Gasteiger partial charge < -0.3 is 4.57 Å². The Morgan fingerprint density at radius 1 is 0.947 bits per heavy atom. The number of fused-ring (bicyclic) bond motifs is 5. The van der Waals surface area contributed by atoms with Crippen molar-refractivity contribution in [1.29, 1.82) is 0 Å². The minimum Gasteiger partial charge on any atom is -0.343 e. The molecule has 2 aromatic carbocycles. The van der Waals surface area contributed by atoms with Crippen molar-refractivity contribution in [3.8, 4) is 11.3 Å². The predicted molar refractivity (Wildman–Crippen MR) is 76.5 cm³/mol. The molecule has 0 N–H and O–H groups in total. The summed E-state index contributed by atoms with van der Waals surface area (Å²) in [5.74, 6) is 0.158. The van der Waals surface area contributed by atoms with Crippen LogP contribution in [0.2, 0.25) is 0 Å². The molecule has 92 valence electrons.